The molecule has 3 aromatic rings. The van der Waals surface area contributed by atoms with E-state index in [1.807, 2.05) is 59.3 Å². The molecule has 2 aliphatic rings. The molecule has 0 saturated heterocycles. The van der Waals surface area contributed by atoms with Crippen LogP contribution in [0.3, 0.4) is 0 Å². The molecular formula is C24H23N3O4. The van der Waals surface area contributed by atoms with E-state index >= 15 is 0 Å². The Morgan fingerprint density at radius 3 is 2.77 bits per heavy atom. The Morgan fingerprint density at radius 2 is 1.90 bits per heavy atom. The van der Waals surface area contributed by atoms with Gasteiger partial charge < -0.3 is 14.8 Å². The minimum Gasteiger partial charge on any atom is -0.493 e. The summed E-state index contributed by atoms with van der Waals surface area (Å²) in [5, 5.41) is 7.46. The third-order valence-electron chi connectivity index (χ3n) is 5.75. The lowest BCUT2D eigenvalue weighted by molar-refractivity contribution is -0.125. The summed E-state index contributed by atoms with van der Waals surface area (Å²) in [5.74, 6) is -0.123. The van der Waals surface area contributed by atoms with E-state index < -0.39 is 5.97 Å². The highest BCUT2D eigenvalue weighted by atomic mass is 16.5. The van der Waals surface area contributed by atoms with E-state index in [-0.39, 0.29) is 18.6 Å². The molecule has 1 aromatic heterocycles. The van der Waals surface area contributed by atoms with E-state index in [9.17, 15) is 9.59 Å². The summed E-state index contributed by atoms with van der Waals surface area (Å²) < 4.78 is 12.8. The molecule has 0 fully saturated rings. The Morgan fingerprint density at radius 1 is 1.10 bits per heavy atom. The zero-order chi connectivity index (χ0) is 21.2. The fourth-order valence-corrected chi connectivity index (χ4v) is 4.31. The maximum Gasteiger partial charge on any atom is 0.359 e. The first kappa shape index (κ1) is 19.4. The summed E-state index contributed by atoms with van der Waals surface area (Å²) in [4.78, 5) is 25.2. The van der Waals surface area contributed by atoms with Gasteiger partial charge in [-0.2, -0.15) is 5.10 Å². The van der Waals surface area contributed by atoms with Crippen LogP contribution in [-0.2, 0) is 22.4 Å². The van der Waals surface area contributed by atoms with Gasteiger partial charge in [-0.1, -0.05) is 36.4 Å². The molecule has 1 aliphatic heterocycles. The molecule has 0 saturated carbocycles. The minimum atomic E-state index is -0.560. The van der Waals surface area contributed by atoms with Crippen molar-refractivity contribution in [2.45, 2.75) is 31.7 Å². The molecule has 31 heavy (non-hydrogen) atoms. The molecule has 1 atom stereocenters. The number of amides is 1. The van der Waals surface area contributed by atoms with Gasteiger partial charge in [-0.15, -0.1) is 0 Å². The van der Waals surface area contributed by atoms with Crippen molar-refractivity contribution in [3.63, 3.8) is 0 Å². The van der Waals surface area contributed by atoms with Crippen molar-refractivity contribution in [2.24, 2.45) is 0 Å². The van der Waals surface area contributed by atoms with Crippen LogP contribution in [-0.4, -0.2) is 34.9 Å². The summed E-state index contributed by atoms with van der Waals surface area (Å²) in [6, 6.07) is 17.2. The minimum absolute atomic E-state index is 0.155. The predicted octanol–water partition coefficient (Wildman–Crippen LogP) is 3.16. The van der Waals surface area contributed by atoms with Crippen LogP contribution in [0.15, 0.2) is 54.6 Å². The fraction of sp³-hybridized carbons (Fsp3) is 0.292. The summed E-state index contributed by atoms with van der Waals surface area (Å²) in [7, 11) is 0. The number of hydrogen-bond donors (Lipinski definition) is 1. The molecule has 1 N–H and O–H groups in total. The van der Waals surface area contributed by atoms with Crippen LogP contribution in [0.5, 0.6) is 5.75 Å². The van der Waals surface area contributed by atoms with Crippen molar-refractivity contribution in [1.29, 1.82) is 0 Å². The molecule has 7 nitrogen and oxygen atoms in total. The number of carbonyl (C=O) groups is 2. The van der Waals surface area contributed by atoms with Crippen LogP contribution in [0.2, 0.25) is 0 Å². The average molecular weight is 417 g/mol. The maximum absolute atomic E-state index is 12.7. The zero-order valence-electron chi connectivity index (χ0n) is 17.0. The Balaban J connectivity index is 1.26. The Bertz CT molecular complexity index is 1120. The van der Waals surface area contributed by atoms with Gasteiger partial charge in [0.2, 0.25) is 0 Å². The zero-order valence-corrected chi connectivity index (χ0v) is 17.0. The van der Waals surface area contributed by atoms with Crippen LogP contribution in [0, 0.1) is 0 Å². The Kier molecular flexibility index (Phi) is 5.16. The normalized spacial score (nSPS) is 16.7. The number of ether oxygens (including phenoxy) is 2. The number of nitrogens with zero attached hydrogens (tertiary/aromatic N) is 2. The van der Waals surface area contributed by atoms with E-state index in [1.165, 1.54) is 0 Å². The number of rotatable bonds is 5. The summed E-state index contributed by atoms with van der Waals surface area (Å²) >= 11 is 0. The molecule has 158 valence electrons. The van der Waals surface area contributed by atoms with E-state index in [2.05, 4.69) is 10.4 Å². The molecular weight excluding hydrogens is 394 g/mol. The van der Waals surface area contributed by atoms with E-state index in [0.717, 1.165) is 47.5 Å². The van der Waals surface area contributed by atoms with Crippen molar-refractivity contribution in [3.8, 4) is 11.4 Å². The standard InChI is InChI=1S/C24H23N3O4/c28-22(25-19-13-14-30-21-12-5-4-9-17(19)21)15-31-24(29)23-18-10-6-11-20(18)27(26-23)16-7-2-1-3-8-16/h1-5,7-9,12,19H,6,10-11,13-15H2,(H,25,28). The average Bonchev–Trinajstić information content (AvgIpc) is 3.41. The molecule has 1 amide bonds. The van der Waals surface area contributed by atoms with Crippen LogP contribution in [0.4, 0.5) is 0 Å². The van der Waals surface area contributed by atoms with Gasteiger partial charge in [-0.05, 0) is 37.5 Å². The number of para-hydroxylation sites is 2. The van der Waals surface area contributed by atoms with Gasteiger partial charge in [0.15, 0.2) is 12.3 Å². The first-order valence-corrected chi connectivity index (χ1v) is 10.5. The van der Waals surface area contributed by atoms with Gasteiger partial charge in [0.05, 0.1) is 18.3 Å². The summed E-state index contributed by atoms with van der Waals surface area (Å²) in [6.45, 7) is 0.191. The third-order valence-corrected chi connectivity index (χ3v) is 5.75. The maximum atomic E-state index is 12.7. The van der Waals surface area contributed by atoms with Crippen molar-refractivity contribution >= 4 is 11.9 Å². The molecule has 2 heterocycles. The number of aromatic nitrogens is 2. The van der Waals surface area contributed by atoms with Gasteiger partial charge >= 0.3 is 5.97 Å². The number of carbonyl (C=O) groups excluding carboxylic acids is 2. The summed E-state index contributed by atoms with van der Waals surface area (Å²) in [6.07, 6.45) is 3.31. The van der Waals surface area contributed by atoms with Gasteiger partial charge in [0.1, 0.15) is 5.75 Å². The monoisotopic (exact) mass is 417 g/mol. The lowest BCUT2D eigenvalue weighted by atomic mass is 10.0. The first-order valence-electron chi connectivity index (χ1n) is 10.5. The molecule has 5 rings (SSSR count). The smallest absolute Gasteiger partial charge is 0.359 e. The van der Waals surface area contributed by atoms with Crippen LogP contribution in [0.25, 0.3) is 5.69 Å². The number of fused-ring (bicyclic) bond motifs is 2. The highest BCUT2D eigenvalue weighted by Gasteiger charge is 2.29. The molecule has 0 spiro atoms. The van der Waals surface area contributed by atoms with Crippen LogP contribution >= 0.6 is 0 Å². The number of benzene rings is 2. The molecule has 1 unspecified atom stereocenters. The van der Waals surface area contributed by atoms with Crippen molar-refractivity contribution in [3.05, 3.63) is 77.1 Å². The SMILES string of the molecule is O=C(COC(=O)c1nn(-c2ccccc2)c2c1CCC2)NC1CCOc2ccccc21. The largest absolute Gasteiger partial charge is 0.493 e. The quantitative estimate of drug-likeness (QED) is 0.645. The Labute approximate surface area is 180 Å². The van der Waals surface area contributed by atoms with Crippen molar-refractivity contribution in [1.82, 2.24) is 15.1 Å². The molecule has 2 aromatic carbocycles. The van der Waals surface area contributed by atoms with Gasteiger partial charge in [-0.3, -0.25) is 4.79 Å². The number of nitrogens with one attached hydrogen (secondary N) is 1. The lowest BCUT2D eigenvalue weighted by Gasteiger charge is -2.26. The number of hydrogen-bond acceptors (Lipinski definition) is 5. The second kappa shape index (κ2) is 8.26. The highest BCUT2D eigenvalue weighted by Crippen LogP contribution is 2.31. The Hall–Kier alpha value is -3.61. The first-order chi connectivity index (χ1) is 15.2. The third kappa shape index (κ3) is 3.79. The summed E-state index contributed by atoms with van der Waals surface area (Å²) in [5.41, 5.74) is 4.12. The van der Waals surface area contributed by atoms with Crippen molar-refractivity contribution in [2.75, 3.05) is 13.2 Å². The molecule has 0 radical (unpaired) electrons. The van der Waals surface area contributed by atoms with Gasteiger partial charge in [0.25, 0.3) is 5.91 Å². The lowest BCUT2D eigenvalue weighted by Crippen LogP contribution is -2.35. The molecule has 0 bridgehead atoms. The van der Waals surface area contributed by atoms with Crippen LogP contribution < -0.4 is 10.1 Å². The van der Waals surface area contributed by atoms with Crippen molar-refractivity contribution < 1.29 is 19.1 Å². The topological polar surface area (TPSA) is 82.5 Å². The van der Waals surface area contributed by atoms with E-state index in [0.29, 0.717) is 18.7 Å². The van der Waals surface area contributed by atoms with E-state index in [1.54, 1.807) is 0 Å². The van der Waals surface area contributed by atoms with Crippen LogP contribution in [0.1, 0.15) is 46.2 Å². The molecule has 1 aliphatic carbocycles. The molecule has 7 heteroatoms. The second-order valence-corrected chi connectivity index (χ2v) is 7.75. The van der Waals surface area contributed by atoms with Gasteiger partial charge in [0, 0.05) is 23.2 Å². The highest BCUT2D eigenvalue weighted by molar-refractivity contribution is 5.91. The second-order valence-electron chi connectivity index (χ2n) is 7.75. The van der Waals surface area contributed by atoms with Gasteiger partial charge in [-0.25, -0.2) is 9.48 Å². The predicted molar refractivity (Wildman–Crippen MR) is 113 cm³/mol. The number of esters is 1. The fourth-order valence-electron chi connectivity index (χ4n) is 4.31. The van der Waals surface area contributed by atoms with E-state index in [4.69, 9.17) is 9.47 Å².